The maximum Gasteiger partial charge on any atom is 0.306 e. The number of unbranched alkanes of at least 4 members (excludes halogenated alkanes) is 28. The van der Waals surface area contributed by atoms with Crippen molar-refractivity contribution in [3.63, 3.8) is 0 Å². The van der Waals surface area contributed by atoms with E-state index in [-0.39, 0.29) is 31.1 Å². The van der Waals surface area contributed by atoms with Gasteiger partial charge < -0.3 is 14.2 Å². The summed E-state index contributed by atoms with van der Waals surface area (Å²) in [6.45, 7) is 6.47. The van der Waals surface area contributed by atoms with Crippen LogP contribution in [-0.2, 0) is 28.6 Å². The molecule has 0 radical (unpaired) electrons. The second kappa shape index (κ2) is 69.0. The number of rotatable bonds is 61. The third-order valence-electron chi connectivity index (χ3n) is 14.4. The summed E-state index contributed by atoms with van der Waals surface area (Å²) in [5, 5.41) is 0. The number of hydrogen-bond donors (Lipinski definition) is 0. The Labute approximate surface area is 506 Å². The summed E-state index contributed by atoms with van der Waals surface area (Å²) in [5.74, 6) is -0.944. The highest BCUT2D eigenvalue weighted by atomic mass is 16.6. The van der Waals surface area contributed by atoms with Gasteiger partial charge in [-0.1, -0.05) is 309 Å². The lowest BCUT2D eigenvalue weighted by Crippen LogP contribution is -2.30. The average molecular weight is 1140 g/mol. The molecule has 0 aliphatic carbocycles. The molecule has 0 amide bonds. The van der Waals surface area contributed by atoms with E-state index in [2.05, 4.69) is 154 Å². The van der Waals surface area contributed by atoms with Crippen LogP contribution in [-0.4, -0.2) is 37.2 Å². The van der Waals surface area contributed by atoms with Crippen LogP contribution in [0.15, 0.2) is 134 Å². The normalized spacial score (nSPS) is 13.0. The number of carbonyl (C=O) groups is 3. The molecule has 0 aromatic rings. The zero-order chi connectivity index (χ0) is 59.2. The molecule has 82 heavy (non-hydrogen) atoms. The first-order chi connectivity index (χ1) is 40.5. The molecular formula is C76H126O6. The zero-order valence-corrected chi connectivity index (χ0v) is 53.5. The van der Waals surface area contributed by atoms with Crippen molar-refractivity contribution < 1.29 is 28.6 Å². The predicted molar refractivity (Wildman–Crippen MR) is 357 cm³/mol. The quantitative estimate of drug-likeness (QED) is 0.0261. The standard InChI is InChI=1S/C76H126O6/c1-4-7-10-13-16-19-22-24-26-28-30-32-33-34-35-36-37-38-39-40-41-42-43-44-46-47-49-51-54-57-60-63-66-69-75(78)81-72-73(71-80-74(77)68-65-62-59-56-53-21-18-15-12-9-6-3)82-76(79)70-67-64-61-58-55-52-50-48-45-31-29-27-25-23-20-17-14-11-8-5-2/h7,10,15-16,18-19,24,26,30,32,34-35,37-38,40-41,43-44,47,49,54,57,73H,4-6,8-9,11-14,17,20-23,25,27-29,31,33,36,39,42,45-46,48,50-53,55-56,58-72H2,1-3H3/b10-7-,18-15-,19-16-,26-24-,32-30-,35-34-,38-37-,41-40-,44-43-,49-47-,57-54-. The fourth-order valence-corrected chi connectivity index (χ4v) is 9.28. The number of ether oxygens (including phenoxy) is 3. The molecule has 0 heterocycles. The van der Waals surface area contributed by atoms with E-state index in [4.69, 9.17) is 14.2 Å². The molecule has 0 fully saturated rings. The highest BCUT2D eigenvalue weighted by Gasteiger charge is 2.19. The minimum Gasteiger partial charge on any atom is -0.462 e. The summed E-state index contributed by atoms with van der Waals surface area (Å²) in [6, 6.07) is 0. The molecule has 0 aromatic heterocycles. The van der Waals surface area contributed by atoms with Gasteiger partial charge in [-0.05, 0) is 116 Å². The highest BCUT2D eigenvalue weighted by molar-refractivity contribution is 5.71. The minimum absolute atomic E-state index is 0.0966. The van der Waals surface area contributed by atoms with Crippen molar-refractivity contribution in [3.8, 4) is 0 Å². The fourth-order valence-electron chi connectivity index (χ4n) is 9.28. The Morgan fingerprint density at radius 1 is 0.256 bits per heavy atom. The van der Waals surface area contributed by atoms with Crippen LogP contribution in [0.2, 0.25) is 0 Å². The van der Waals surface area contributed by atoms with Crippen LogP contribution in [0.4, 0.5) is 0 Å². The van der Waals surface area contributed by atoms with E-state index in [1.54, 1.807) is 0 Å². The van der Waals surface area contributed by atoms with Gasteiger partial charge in [-0.25, -0.2) is 0 Å². The SMILES string of the molecule is CC/C=C\C/C=C\C/C=C\C/C=C\C/C=C\C/C=C\C/C=C\C/C=C\C/C=C\C/C=C\CCCCC(=O)OCC(COC(=O)CCCCCCC/C=C\CCCC)OC(=O)CCCCCCCCCCCCCCCCCCCCCC. The molecule has 0 N–H and O–H groups in total. The van der Waals surface area contributed by atoms with Crippen LogP contribution in [0, 0.1) is 0 Å². The second-order valence-electron chi connectivity index (χ2n) is 22.4. The largest absolute Gasteiger partial charge is 0.462 e. The molecule has 0 aliphatic heterocycles. The lowest BCUT2D eigenvalue weighted by molar-refractivity contribution is -0.167. The predicted octanol–water partition coefficient (Wildman–Crippen LogP) is 23.7. The Morgan fingerprint density at radius 3 is 0.817 bits per heavy atom. The first-order valence-electron chi connectivity index (χ1n) is 34.2. The molecule has 0 aromatic carbocycles. The zero-order valence-electron chi connectivity index (χ0n) is 53.5. The third kappa shape index (κ3) is 66.4. The van der Waals surface area contributed by atoms with Gasteiger partial charge >= 0.3 is 17.9 Å². The summed E-state index contributed by atoms with van der Waals surface area (Å²) in [6.07, 6.45) is 97.6. The Kier molecular flexibility index (Phi) is 65.3. The lowest BCUT2D eigenvalue weighted by Gasteiger charge is -2.18. The van der Waals surface area contributed by atoms with Gasteiger partial charge in [0.25, 0.3) is 0 Å². The first kappa shape index (κ1) is 77.5. The van der Waals surface area contributed by atoms with E-state index in [0.29, 0.717) is 25.7 Å². The van der Waals surface area contributed by atoms with E-state index < -0.39 is 6.10 Å². The van der Waals surface area contributed by atoms with Crippen LogP contribution < -0.4 is 0 Å². The van der Waals surface area contributed by atoms with Gasteiger partial charge in [0, 0.05) is 19.3 Å². The summed E-state index contributed by atoms with van der Waals surface area (Å²) < 4.78 is 16.9. The number of hydrogen-bond acceptors (Lipinski definition) is 6. The molecule has 1 atom stereocenters. The van der Waals surface area contributed by atoms with E-state index in [0.717, 1.165) is 128 Å². The third-order valence-corrected chi connectivity index (χ3v) is 14.4. The molecule has 6 nitrogen and oxygen atoms in total. The summed E-state index contributed by atoms with van der Waals surface area (Å²) in [5.41, 5.74) is 0. The van der Waals surface area contributed by atoms with Gasteiger partial charge in [0.15, 0.2) is 6.10 Å². The molecule has 0 rings (SSSR count). The molecule has 0 saturated heterocycles. The van der Waals surface area contributed by atoms with Crippen molar-refractivity contribution in [1.82, 2.24) is 0 Å². The summed E-state index contributed by atoms with van der Waals surface area (Å²) in [4.78, 5) is 38.3. The van der Waals surface area contributed by atoms with Crippen LogP contribution >= 0.6 is 0 Å². The molecule has 0 spiro atoms. The smallest absolute Gasteiger partial charge is 0.306 e. The topological polar surface area (TPSA) is 78.9 Å². The van der Waals surface area contributed by atoms with Gasteiger partial charge in [-0.2, -0.15) is 0 Å². The van der Waals surface area contributed by atoms with Crippen LogP contribution in [0.25, 0.3) is 0 Å². The van der Waals surface area contributed by atoms with Gasteiger partial charge in [-0.3, -0.25) is 14.4 Å². The Hall–Kier alpha value is -4.45. The molecule has 0 aliphatic rings. The number of esters is 3. The molecular weight excluding hydrogens is 1010 g/mol. The molecule has 0 saturated carbocycles. The van der Waals surface area contributed by atoms with Crippen molar-refractivity contribution in [2.75, 3.05) is 13.2 Å². The minimum atomic E-state index is -0.802. The highest BCUT2D eigenvalue weighted by Crippen LogP contribution is 2.17. The molecule has 6 heteroatoms. The first-order valence-corrected chi connectivity index (χ1v) is 34.2. The number of allylic oxidation sites excluding steroid dienone is 22. The van der Waals surface area contributed by atoms with Gasteiger partial charge in [0.2, 0.25) is 0 Å². The average Bonchev–Trinajstić information content (AvgIpc) is 3.47. The van der Waals surface area contributed by atoms with Crippen LogP contribution in [0.3, 0.4) is 0 Å². The summed E-state index contributed by atoms with van der Waals surface area (Å²) >= 11 is 0. The van der Waals surface area contributed by atoms with Crippen LogP contribution in [0.1, 0.15) is 310 Å². The Bertz CT molecular complexity index is 1730. The maximum absolute atomic E-state index is 12.9. The van der Waals surface area contributed by atoms with E-state index in [1.807, 2.05) is 0 Å². The van der Waals surface area contributed by atoms with Crippen molar-refractivity contribution in [2.45, 2.75) is 316 Å². The van der Waals surface area contributed by atoms with Gasteiger partial charge in [0.1, 0.15) is 13.2 Å². The number of carbonyl (C=O) groups excluding carboxylic acids is 3. The fraction of sp³-hybridized carbons (Fsp3) is 0.671. The maximum atomic E-state index is 12.9. The Morgan fingerprint density at radius 2 is 0.488 bits per heavy atom. The van der Waals surface area contributed by atoms with Crippen molar-refractivity contribution in [3.05, 3.63) is 134 Å². The molecule has 466 valence electrons. The second-order valence-corrected chi connectivity index (χ2v) is 22.4. The van der Waals surface area contributed by atoms with Gasteiger partial charge in [0.05, 0.1) is 0 Å². The van der Waals surface area contributed by atoms with E-state index >= 15 is 0 Å². The molecule has 0 bridgehead atoms. The molecule has 1 unspecified atom stereocenters. The lowest BCUT2D eigenvalue weighted by atomic mass is 10.0. The van der Waals surface area contributed by atoms with Gasteiger partial charge in [-0.15, -0.1) is 0 Å². The van der Waals surface area contributed by atoms with Crippen molar-refractivity contribution in [1.29, 1.82) is 0 Å². The van der Waals surface area contributed by atoms with Crippen molar-refractivity contribution >= 4 is 17.9 Å². The monoisotopic (exact) mass is 1130 g/mol. The Balaban J connectivity index is 4.34. The van der Waals surface area contributed by atoms with Crippen LogP contribution in [0.5, 0.6) is 0 Å². The summed E-state index contributed by atoms with van der Waals surface area (Å²) in [7, 11) is 0. The van der Waals surface area contributed by atoms with Crippen molar-refractivity contribution in [2.24, 2.45) is 0 Å². The van der Waals surface area contributed by atoms with E-state index in [1.165, 1.54) is 135 Å². The van der Waals surface area contributed by atoms with E-state index in [9.17, 15) is 14.4 Å².